The van der Waals surface area contributed by atoms with Gasteiger partial charge in [-0.05, 0) is 24.1 Å². The topological polar surface area (TPSA) is 87.7 Å². The predicted molar refractivity (Wildman–Crippen MR) is 97.2 cm³/mol. The summed E-state index contributed by atoms with van der Waals surface area (Å²) >= 11 is 0. The fourth-order valence-corrected chi connectivity index (χ4v) is 3.19. The second-order valence-electron chi connectivity index (χ2n) is 6.50. The number of H-pyrrole nitrogens is 1. The Labute approximate surface area is 152 Å². The zero-order valence-corrected chi connectivity index (χ0v) is 14.8. The lowest BCUT2D eigenvalue weighted by atomic mass is 10.0. The third-order valence-electron chi connectivity index (χ3n) is 4.32. The maximum atomic E-state index is 11.4. The summed E-state index contributed by atoms with van der Waals surface area (Å²) in [4.78, 5) is 20.6. The van der Waals surface area contributed by atoms with Gasteiger partial charge in [0.15, 0.2) is 0 Å². The number of aromatic nitrogens is 2. The van der Waals surface area contributed by atoms with Crippen LogP contribution in [0.25, 0.3) is 0 Å². The third-order valence-corrected chi connectivity index (χ3v) is 4.32. The quantitative estimate of drug-likeness (QED) is 0.761. The first kappa shape index (κ1) is 18.6. The van der Waals surface area contributed by atoms with Gasteiger partial charge in [0.05, 0.1) is 26.1 Å². The highest BCUT2D eigenvalue weighted by atomic mass is 16.5. The van der Waals surface area contributed by atoms with Crippen molar-refractivity contribution in [2.75, 3.05) is 39.5 Å². The summed E-state index contributed by atoms with van der Waals surface area (Å²) in [6.07, 6.45) is 2.17. The normalized spacial score (nSPS) is 18.4. The van der Waals surface area contributed by atoms with Crippen LogP contribution < -0.4 is 10.3 Å². The average molecular weight is 359 g/mol. The molecule has 7 nitrogen and oxygen atoms in total. The van der Waals surface area contributed by atoms with Gasteiger partial charge in [-0.25, -0.2) is 4.98 Å². The molecule has 2 aromatic rings. The number of hydrogen-bond acceptors (Lipinski definition) is 6. The number of aliphatic hydroxyl groups is 1. The standard InChI is InChI=1S/C19H25N3O4/c23-5-7-26-18-3-1-2-15(9-18)11-22-4-6-25-13-16(12-22)8-17-10-19(24)21-14-20-17/h1-3,9-10,14,16,23H,4-8,11-13H2,(H,20,21,24)/t16-/m1/s1. The van der Waals surface area contributed by atoms with Crippen LogP contribution in [0.5, 0.6) is 5.75 Å². The van der Waals surface area contributed by atoms with Crippen LogP contribution in [0.2, 0.25) is 0 Å². The Morgan fingerprint density at radius 2 is 2.31 bits per heavy atom. The van der Waals surface area contributed by atoms with Gasteiger partial charge in [0.1, 0.15) is 12.4 Å². The molecular formula is C19H25N3O4. The molecule has 1 saturated heterocycles. The summed E-state index contributed by atoms with van der Waals surface area (Å²) in [6.45, 7) is 4.22. The maximum absolute atomic E-state index is 11.4. The van der Waals surface area contributed by atoms with E-state index in [1.807, 2.05) is 18.2 Å². The number of aromatic amines is 1. The lowest BCUT2D eigenvalue weighted by Crippen LogP contribution is -2.30. The van der Waals surface area contributed by atoms with Gasteiger partial charge in [-0.3, -0.25) is 9.69 Å². The highest BCUT2D eigenvalue weighted by molar-refractivity contribution is 5.28. The first-order valence-corrected chi connectivity index (χ1v) is 8.89. The number of rotatable bonds is 7. The molecule has 2 heterocycles. The number of aliphatic hydroxyl groups excluding tert-OH is 1. The molecule has 1 aliphatic heterocycles. The fourth-order valence-electron chi connectivity index (χ4n) is 3.19. The molecule has 0 saturated carbocycles. The zero-order chi connectivity index (χ0) is 18.2. The molecule has 3 rings (SSSR count). The maximum Gasteiger partial charge on any atom is 0.250 e. The Hall–Kier alpha value is -2.22. The molecule has 0 unspecified atom stereocenters. The van der Waals surface area contributed by atoms with Crippen LogP contribution in [0.15, 0.2) is 41.5 Å². The molecule has 0 bridgehead atoms. The van der Waals surface area contributed by atoms with Gasteiger partial charge in [0, 0.05) is 37.3 Å². The van der Waals surface area contributed by atoms with Crippen molar-refractivity contribution in [3.05, 3.63) is 58.3 Å². The van der Waals surface area contributed by atoms with E-state index in [1.54, 1.807) is 6.07 Å². The average Bonchev–Trinajstić information content (AvgIpc) is 2.85. The molecule has 0 aliphatic carbocycles. The Balaban J connectivity index is 1.61. The molecular weight excluding hydrogens is 334 g/mol. The third kappa shape index (κ3) is 5.66. The molecule has 7 heteroatoms. The minimum absolute atomic E-state index is 0.00568. The van der Waals surface area contributed by atoms with Crippen LogP contribution in [-0.4, -0.2) is 59.5 Å². The van der Waals surface area contributed by atoms with Crippen molar-refractivity contribution in [1.82, 2.24) is 14.9 Å². The van der Waals surface area contributed by atoms with E-state index in [0.717, 1.165) is 43.1 Å². The molecule has 2 N–H and O–H groups in total. The first-order chi connectivity index (χ1) is 12.7. The van der Waals surface area contributed by atoms with Crippen LogP contribution in [0, 0.1) is 5.92 Å². The largest absolute Gasteiger partial charge is 0.491 e. The molecule has 140 valence electrons. The monoisotopic (exact) mass is 359 g/mol. The number of nitrogens with zero attached hydrogens (tertiary/aromatic N) is 2. The van der Waals surface area contributed by atoms with Gasteiger partial charge in [0.2, 0.25) is 0 Å². The van der Waals surface area contributed by atoms with E-state index in [0.29, 0.717) is 25.7 Å². The summed E-state index contributed by atoms with van der Waals surface area (Å²) < 4.78 is 11.2. The Bertz CT molecular complexity index is 749. The van der Waals surface area contributed by atoms with Crippen molar-refractivity contribution in [3.8, 4) is 5.75 Å². The zero-order valence-electron chi connectivity index (χ0n) is 14.8. The SMILES string of the molecule is O=c1cc(C[C@H]2COCCN(Cc3cccc(OCCO)c3)C2)nc[nH]1. The Kier molecular flexibility index (Phi) is 6.76. The van der Waals surface area contributed by atoms with Crippen LogP contribution >= 0.6 is 0 Å². The molecule has 1 fully saturated rings. The Morgan fingerprint density at radius 3 is 3.15 bits per heavy atom. The molecule has 1 aliphatic rings. The number of ether oxygens (including phenoxy) is 2. The highest BCUT2D eigenvalue weighted by Gasteiger charge is 2.20. The van der Waals surface area contributed by atoms with Crippen molar-refractivity contribution in [1.29, 1.82) is 0 Å². The van der Waals surface area contributed by atoms with Crippen molar-refractivity contribution in [2.45, 2.75) is 13.0 Å². The van der Waals surface area contributed by atoms with Crippen molar-refractivity contribution in [3.63, 3.8) is 0 Å². The van der Waals surface area contributed by atoms with Crippen molar-refractivity contribution in [2.24, 2.45) is 5.92 Å². The minimum Gasteiger partial charge on any atom is -0.491 e. The van der Waals surface area contributed by atoms with Gasteiger partial charge in [-0.15, -0.1) is 0 Å². The molecule has 0 radical (unpaired) electrons. The highest BCUT2D eigenvalue weighted by Crippen LogP contribution is 2.18. The number of nitrogens with one attached hydrogen (secondary N) is 1. The van der Waals surface area contributed by atoms with Gasteiger partial charge in [-0.2, -0.15) is 0 Å². The summed E-state index contributed by atoms with van der Waals surface area (Å²) in [5.41, 5.74) is 1.83. The van der Waals surface area contributed by atoms with Crippen LogP contribution in [0.3, 0.4) is 0 Å². The minimum atomic E-state index is -0.124. The number of hydrogen-bond donors (Lipinski definition) is 2. The Morgan fingerprint density at radius 1 is 1.38 bits per heavy atom. The molecule has 26 heavy (non-hydrogen) atoms. The first-order valence-electron chi connectivity index (χ1n) is 8.89. The van der Waals surface area contributed by atoms with Gasteiger partial charge in [-0.1, -0.05) is 12.1 Å². The van der Waals surface area contributed by atoms with E-state index >= 15 is 0 Å². The van der Waals surface area contributed by atoms with E-state index in [2.05, 4.69) is 20.9 Å². The predicted octanol–water partition coefficient (Wildman–Crippen LogP) is 0.832. The smallest absolute Gasteiger partial charge is 0.250 e. The molecule has 1 aromatic heterocycles. The second kappa shape index (κ2) is 9.47. The van der Waals surface area contributed by atoms with Gasteiger partial charge < -0.3 is 19.6 Å². The summed E-state index contributed by atoms with van der Waals surface area (Å²) in [6, 6.07) is 9.50. The van der Waals surface area contributed by atoms with Crippen LogP contribution in [0.1, 0.15) is 11.3 Å². The summed E-state index contributed by atoms with van der Waals surface area (Å²) in [7, 11) is 0. The molecule has 1 aromatic carbocycles. The van der Waals surface area contributed by atoms with E-state index in [9.17, 15) is 4.79 Å². The molecule has 1 atom stereocenters. The second-order valence-corrected chi connectivity index (χ2v) is 6.50. The lowest BCUT2D eigenvalue weighted by molar-refractivity contribution is 0.121. The van der Waals surface area contributed by atoms with E-state index < -0.39 is 0 Å². The summed E-state index contributed by atoms with van der Waals surface area (Å²) in [5, 5.41) is 8.88. The van der Waals surface area contributed by atoms with E-state index in [-0.39, 0.29) is 12.2 Å². The van der Waals surface area contributed by atoms with Crippen LogP contribution in [0.4, 0.5) is 0 Å². The van der Waals surface area contributed by atoms with Crippen LogP contribution in [-0.2, 0) is 17.7 Å². The fraction of sp³-hybridized carbons (Fsp3) is 0.474. The van der Waals surface area contributed by atoms with Gasteiger partial charge in [0.25, 0.3) is 5.56 Å². The molecule has 0 amide bonds. The number of benzene rings is 1. The van der Waals surface area contributed by atoms with Crippen molar-refractivity contribution >= 4 is 0 Å². The lowest BCUT2D eigenvalue weighted by Gasteiger charge is -2.23. The molecule has 0 spiro atoms. The van der Waals surface area contributed by atoms with E-state index in [4.69, 9.17) is 14.6 Å². The van der Waals surface area contributed by atoms with Gasteiger partial charge >= 0.3 is 0 Å². The van der Waals surface area contributed by atoms with E-state index in [1.165, 1.54) is 6.33 Å². The van der Waals surface area contributed by atoms with Crippen molar-refractivity contribution < 1.29 is 14.6 Å². The summed E-state index contributed by atoms with van der Waals surface area (Å²) in [5.74, 6) is 1.06.